The van der Waals surface area contributed by atoms with Crippen molar-refractivity contribution in [1.29, 1.82) is 0 Å². The molecule has 1 rings (SSSR count). The van der Waals surface area contributed by atoms with Gasteiger partial charge >= 0.3 is 5.97 Å². The van der Waals surface area contributed by atoms with Crippen LogP contribution in [0.4, 0.5) is 0 Å². The van der Waals surface area contributed by atoms with E-state index in [1.165, 1.54) is 6.08 Å². The third-order valence-electron chi connectivity index (χ3n) is 1.83. The molecule has 0 amide bonds. The van der Waals surface area contributed by atoms with Crippen molar-refractivity contribution in [1.82, 2.24) is 5.48 Å². The Labute approximate surface area is 95.4 Å². The fourth-order valence-electron chi connectivity index (χ4n) is 1.07. The van der Waals surface area contributed by atoms with Crippen molar-refractivity contribution in [3.63, 3.8) is 0 Å². The van der Waals surface area contributed by atoms with Crippen LogP contribution in [0, 0.1) is 0 Å². The van der Waals surface area contributed by atoms with E-state index in [4.69, 9.17) is 4.84 Å². The lowest BCUT2D eigenvalue weighted by molar-refractivity contribution is -0.145. The van der Waals surface area contributed by atoms with Crippen molar-refractivity contribution < 1.29 is 9.63 Å². The van der Waals surface area contributed by atoms with E-state index < -0.39 is 5.97 Å². The van der Waals surface area contributed by atoms with E-state index >= 15 is 0 Å². The molecule has 0 aliphatic rings. The summed E-state index contributed by atoms with van der Waals surface area (Å²) >= 11 is 0. The zero-order valence-corrected chi connectivity index (χ0v) is 9.22. The zero-order chi connectivity index (χ0) is 11.6. The second-order valence-corrected chi connectivity index (χ2v) is 3.11. The molecule has 0 atom stereocenters. The van der Waals surface area contributed by atoms with E-state index in [1.807, 2.05) is 43.3 Å². The number of carbonyl (C=O) groups excluding carboxylic acids is 1. The van der Waals surface area contributed by atoms with Gasteiger partial charge in [-0.15, -0.1) is 5.48 Å². The second kappa shape index (κ2) is 7.43. The molecule has 3 heteroatoms. The maximum Gasteiger partial charge on any atom is 0.349 e. The number of hydrogen-bond acceptors (Lipinski definition) is 3. The van der Waals surface area contributed by atoms with E-state index in [0.717, 1.165) is 5.56 Å². The number of rotatable bonds is 5. The number of benzene rings is 1. The van der Waals surface area contributed by atoms with Gasteiger partial charge in [-0.1, -0.05) is 48.6 Å². The molecule has 1 aromatic rings. The molecule has 0 radical (unpaired) electrons. The maximum atomic E-state index is 11.1. The van der Waals surface area contributed by atoms with Gasteiger partial charge in [-0.2, -0.15) is 0 Å². The highest BCUT2D eigenvalue weighted by atomic mass is 16.7. The van der Waals surface area contributed by atoms with Crippen molar-refractivity contribution >= 4 is 5.97 Å². The first-order valence-corrected chi connectivity index (χ1v) is 5.10. The Morgan fingerprint density at radius 2 is 2.06 bits per heavy atom. The summed E-state index contributed by atoms with van der Waals surface area (Å²) in [4.78, 5) is 15.9. The summed E-state index contributed by atoms with van der Waals surface area (Å²) < 4.78 is 0. The van der Waals surface area contributed by atoms with E-state index in [-0.39, 0.29) is 0 Å². The molecular weight excluding hydrogens is 202 g/mol. The molecule has 0 aliphatic carbocycles. The minimum absolute atomic E-state index is 0.408. The monoisotopic (exact) mass is 217 g/mol. The average molecular weight is 217 g/mol. The number of hydroxylamine groups is 1. The van der Waals surface area contributed by atoms with Gasteiger partial charge in [0, 0.05) is 6.08 Å². The predicted molar refractivity (Wildman–Crippen MR) is 63.3 cm³/mol. The normalized spacial score (nSPS) is 11.1. The minimum atomic E-state index is -0.408. The lowest BCUT2D eigenvalue weighted by Gasteiger charge is -2.02. The molecule has 0 saturated carbocycles. The predicted octanol–water partition coefficient (Wildman–Crippen LogP) is 2.37. The van der Waals surface area contributed by atoms with Crippen LogP contribution in [-0.2, 0) is 16.2 Å². The van der Waals surface area contributed by atoms with Crippen molar-refractivity contribution in [2.24, 2.45) is 0 Å². The Bertz CT molecular complexity index is 369. The van der Waals surface area contributed by atoms with Gasteiger partial charge in [0.15, 0.2) is 0 Å². The molecule has 0 bridgehead atoms. The van der Waals surface area contributed by atoms with Crippen LogP contribution in [0.15, 0.2) is 54.6 Å². The van der Waals surface area contributed by atoms with Crippen LogP contribution >= 0.6 is 0 Å². The first-order valence-electron chi connectivity index (χ1n) is 5.10. The van der Waals surface area contributed by atoms with Crippen LogP contribution < -0.4 is 5.48 Å². The van der Waals surface area contributed by atoms with Gasteiger partial charge in [0.25, 0.3) is 0 Å². The summed E-state index contributed by atoms with van der Waals surface area (Å²) in [6, 6.07) is 9.72. The van der Waals surface area contributed by atoms with Crippen LogP contribution in [0.3, 0.4) is 0 Å². The molecule has 0 spiro atoms. The number of allylic oxidation sites excluding steroid dienone is 3. The minimum Gasteiger partial charge on any atom is -0.367 e. The Morgan fingerprint density at radius 3 is 2.75 bits per heavy atom. The van der Waals surface area contributed by atoms with Crippen LogP contribution in [-0.4, -0.2) is 5.97 Å². The van der Waals surface area contributed by atoms with E-state index in [9.17, 15) is 4.79 Å². The average Bonchev–Trinajstić information content (AvgIpc) is 2.31. The molecule has 0 aliphatic heterocycles. The van der Waals surface area contributed by atoms with Gasteiger partial charge in [-0.3, -0.25) is 0 Å². The van der Waals surface area contributed by atoms with Crippen molar-refractivity contribution in [3.05, 3.63) is 60.2 Å². The molecule has 0 saturated heterocycles. The third-order valence-corrected chi connectivity index (χ3v) is 1.83. The Kier molecular flexibility index (Phi) is 5.66. The fraction of sp³-hybridized carbons (Fsp3) is 0.154. The van der Waals surface area contributed by atoms with Gasteiger partial charge in [0.05, 0.1) is 6.54 Å². The molecule has 0 aromatic heterocycles. The summed E-state index contributed by atoms with van der Waals surface area (Å²) in [5.74, 6) is -0.408. The standard InChI is InChI=1S/C13H15NO2/c1-2-3-5-10-13(15)16-14-11-12-8-6-4-7-9-12/h2-10,14H,11H2,1H3/b3-2+,10-5+. The van der Waals surface area contributed by atoms with E-state index in [2.05, 4.69) is 5.48 Å². The Morgan fingerprint density at radius 1 is 1.31 bits per heavy atom. The quantitative estimate of drug-likeness (QED) is 0.467. The molecule has 16 heavy (non-hydrogen) atoms. The Hall–Kier alpha value is -1.87. The molecule has 1 aromatic carbocycles. The number of nitrogens with one attached hydrogen (secondary N) is 1. The number of carbonyl (C=O) groups is 1. The maximum absolute atomic E-state index is 11.1. The summed E-state index contributed by atoms with van der Waals surface area (Å²) in [6.45, 7) is 2.38. The highest BCUT2D eigenvalue weighted by Crippen LogP contribution is 1.96. The van der Waals surface area contributed by atoms with Gasteiger partial charge in [0.2, 0.25) is 0 Å². The molecule has 0 heterocycles. The lowest BCUT2D eigenvalue weighted by Crippen LogP contribution is -2.17. The van der Waals surface area contributed by atoms with Crippen molar-refractivity contribution in [2.45, 2.75) is 13.5 Å². The summed E-state index contributed by atoms with van der Waals surface area (Å²) in [6.07, 6.45) is 6.59. The Balaban J connectivity index is 2.23. The van der Waals surface area contributed by atoms with Gasteiger partial charge in [-0.05, 0) is 12.5 Å². The summed E-state index contributed by atoms with van der Waals surface area (Å²) in [5.41, 5.74) is 3.67. The molecule has 0 fully saturated rings. The smallest absolute Gasteiger partial charge is 0.349 e. The third kappa shape index (κ3) is 5.12. The summed E-state index contributed by atoms with van der Waals surface area (Å²) in [7, 11) is 0. The number of hydrogen-bond donors (Lipinski definition) is 1. The molecule has 84 valence electrons. The van der Waals surface area contributed by atoms with Crippen LogP contribution in [0.1, 0.15) is 12.5 Å². The fourth-order valence-corrected chi connectivity index (χ4v) is 1.07. The van der Waals surface area contributed by atoms with Gasteiger partial charge in [0.1, 0.15) is 0 Å². The van der Waals surface area contributed by atoms with Gasteiger partial charge < -0.3 is 4.84 Å². The second-order valence-electron chi connectivity index (χ2n) is 3.11. The first-order chi connectivity index (χ1) is 7.83. The first kappa shape index (κ1) is 12.2. The van der Waals surface area contributed by atoms with Crippen LogP contribution in [0.2, 0.25) is 0 Å². The van der Waals surface area contributed by atoms with Crippen LogP contribution in [0.5, 0.6) is 0 Å². The molecule has 3 nitrogen and oxygen atoms in total. The van der Waals surface area contributed by atoms with E-state index in [1.54, 1.807) is 12.2 Å². The summed E-state index contributed by atoms with van der Waals surface area (Å²) in [5, 5.41) is 0. The highest BCUT2D eigenvalue weighted by molar-refractivity contribution is 5.81. The van der Waals surface area contributed by atoms with Gasteiger partial charge in [-0.25, -0.2) is 4.79 Å². The topological polar surface area (TPSA) is 38.3 Å². The van der Waals surface area contributed by atoms with Crippen LogP contribution in [0.25, 0.3) is 0 Å². The lowest BCUT2D eigenvalue weighted by atomic mass is 10.2. The SMILES string of the molecule is C/C=C/C=C/C(=O)ONCc1ccccc1. The van der Waals surface area contributed by atoms with E-state index in [0.29, 0.717) is 6.54 Å². The van der Waals surface area contributed by atoms with Crippen molar-refractivity contribution in [2.75, 3.05) is 0 Å². The molecule has 0 unspecified atom stereocenters. The zero-order valence-electron chi connectivity index (χ0n) is 9.22. The molecule has 1 N–H and O–H groups in total. The molecular formula is C13H15NO2. The van der Waals surface area contributed by atoms with Crippen molar-refractivity contribution in [3.8, 4) is 0 Å². The highest BCUT2D eigenvalue weighted by Gasteiger charge is 1.95. The largest absolute Gasteiger partial charge is 0.367 e.